The van der Waals surface area contributed by atoms with Gasteiger partial charge < -0.3 is 23.8 Å². The van der Waals surface area contributed by atoms with Crippen molar-refractivity contribution in [1.82, 2.24) is 4.90 Å². The molecule has 7 nitrogen and oxygen atoms in total. The average molecular weight is 437 g/mol. The molecule has 1 unspecified atom stereocenters. The van der Waals surface area contributed by atoms with E-state index in [4.69, 9.17) is 13.6 Å². The number of ether oxygens (including phenoxy) is 1. The Morgan fingerprint density at radius 3 is 2.62 bits per heavy atom. The quantitative estimate of drug-likeness (QED) is 0.565. The molecular weight excluding hydrogens is 408 g/mol. The van der Waals surface area contributed by atoms with Gasteiger partial charge in [-0.25, -0.2) is 0 Å². The van der Waals surface area contributed by atoms with Crippen LogP contribution in [0.2, 0.25) is 0 Å². The van der Waals surface area contributed by atoms with Crippen molar-refractivity contribution in [2.45, 2.75) is 51.2 Å². The first-order chi connectivity index (χ1) is 15.7. The van der Waals surface area contributed by atoms with E-state index in [1.165, 1.54) is 0 Å². The zero-order valence-corrected chi connectivity index (χ0v) is 18.0. The van der Waals surface area contributed by atoms with Crippen molar-refractivity contribution < 1.29 is 23.2 Å². The van der Waals surface area contributed by atoms with Crippen LogP contribution in [0, 0.1) is 5.92 Å². The standard InChI is InChI=1S/C25H28N2O5/c28-24(17-7-1-2-8-17)26-22-20-11-3-4-12-21(20)32-23(22)25(29)27(15-18-9-5-13-30-18)16-19-10-6-14-31-19/h3-5,9,11-13,17,19H,1-2,6-8,10,14-16H2,(H,26,28). The lowest BCUT2D eigenvalue weighted by molar-refractivity contribution is -0.119. The molecule has 2 aromatic heterocycles. The fraction of sp³-hybridized carbons (Fsp3) is 0.440. The second kappa shape index (κ2) is 9.20. The Hall–Kier alpha value is -3.06. The summed E-state index contributed by atoms with van der Waals surface area (Å²) in [5.74, 6) is 0.499. The van der Waals surface area contributed by atoms with Gasteiger partial charge in [0.2, 0.25) is 11.7 Å². The third-order valence-corrected chi connectivity index (χ3v) is 6.43. The molecule has 5 rings (SSSR count). The number of carbonyl (C=O) groups excluding carboxylic acids is 2. The van der Waals surface area contributed by atoms with Gasteiger partial charge in [0.25, 0.3) is 5.91 Å². The van der Waals surface area contributed by atoms with Gasteiger partial charge in [0.05, 0.1) is 18.9 Å². The lowest BCUT2D eigenvalue weighted by Gasteiger charge is -2.24. The van der Waals surface area contributed by atoms with Gasteiger partial charge in [-0.15, -0.1) is 0 Å². The van der Waals surface area contributed by atoms with E-state index in [1.807, 2.05) is 30.3 Å². The van der Waals surface area contributed by atoms with E-state index in [9.17, 15) is 9.59 Å². The van der Waals surface area contributed by atoms with E-state index in [-0.39, 0.29) is 29.6 Å². The molecule has 1 saturated carbocycles. The number of amides is 2. The summed E-state index contributed by atoms with van der Waals surface area (Å²) in [4.78, 5) is 28.4. The van der Waals surface area contributed by atoms with Gasteiger partial charge in [-0.2, -0.15) is 0 Å². The van der Waals surface area contributed by atoms with Crippen LogP contribution in [0.1, 0.15) is 54.8 Å². The number of para-hydroxylation sites is 1. The molecule has 2 amide bonds. The second-order valence-corrected chi connectivity index (χ2v) is 8.67. The number of fused-ring (bicyclic) bond motifs is 1. The second-order valence-electron chi connectivity index (χ2n) is 8.67. The van der Waals surface area contributed by atoms with E-state index >= 15 is 0 Å². The van der Waals surface area contributed by atoms with Gasteiger partial charge in [0.1, 0.15) is 17.0 Å². The van der Waals surface area contributed by atoms with Gasteiger partial charge in [0.15, 0.2) is 0 Å². The lowest BCUT2D eigenvalue weighted by atomic mass is 10.1. The zero-order valence-electron chi connectivity index (χ0n) is 18.0. The highest BCUT2D eigenvalue weighted by Gasteiger charge is 2.31. The van der Waals surface area contributed by atoms with Crippen LogP contribution in [0.5, 0.6) is 0 Å². The smallest absolute Gasteiger partial charge is 0.292 e. The summed E-state index contributed by atoms with van der Waals surface area (Å²) >= 11 is 0. The Bertz CT molecular complexity index is 1080. The molecule has 168 valence electrons. The normalized spacial score (nSPS) is 18.9. The van der Waals surface area contributed by atoms with Crippen LogP contribution in [0.4, 0.5) is 5.69 Å². The summed E-state index contributed by atoms with van der Waals surface area (Å²) < 4.78 is 17.3. The maximum atomic E-state index is 13.7. The monoisotopic (exact) mass is 436 g/mol. The lowest BCUT2D eigenvalue weighted by Crippen LogP contribution is -2.37. The van der Waals surface area contributed by atoms with E-state index < -0.39 is 0 Å². The number of benzene rings is 1. The molecule has 3 aromatic rings. The van der Waals surface area contributed by atoms with Crippen molar-refractivity contribution in [2.24, 2.45) is 5.92 Å². The Kier molecular flexibility index (Phi) is 5.99. The topological polar surface area (TPSA) is 84.9 Å². The van der Waals surface area contributed by atoms with Crippen LogP contribution < -0.4 is 5.32 Å². The van der Waals surface area contributed by atoms with Crippen LogP contribution >= 0.6 is 0 Å². The highest BCUT2D eigenvalue weighted by Crippen LogP contribution is 2.34. The Labute approximate surface area is 186 Å². The van der Waals surface area contributed by atoms with Crippen LogP contribution in [-0.2, 0) is 16.1 Å². The first-order valence-corrected chi connectivity index (χ1v) is 11.4. The van der Waals surface area contributed by atoms with Crippen molar-refractivity contribution >= 4 is 28.5 Å². The molecule has 1 saturated heterocycles. The molecule has 1 aliphatic heterocycles. The summed E-state index contributed by atoms with van der Waals surface area (Å²) in [6.45, 7) is 1.45. The number of carbonyl (C=O) groups is 2. The van der Waals surface area contributed by atoms with Crippen LogP contribution in [0.3, 0.4) is 0 Å². The van der Waals surface area contributed by atoms with Crippen molar-refractivity contribution in [3.63, 3.8) is 0 Å². The molecule has 0 bridgehead atoms. The average Bonchev–Trinajstić information content (AvgIpc) is 3.61. The molecule has 2 aliphatic rings. The van der Waals surface area contributed by atoms with E-state index in [1.54, 1.807) is 17.2 Å². The van der Waals surface area contributed by atoms with Crippen molar-refractivity contribution in [3.05, 3.63) is 54.2 Å². The van der Waals surface area contributed by atoms with Crippen molar-refractivity contribution in [1.29, 1.82) is 0 Å². The van der Waals surface area contributed by atoms with Gasteiger partial charge in [-0.3, -0.25) is 9.59 Å². The minimum absolute atomic E-state index is 0.0160. The predicted octanol–water partition coefficient (Wildman–Crippen LogP) is 4.98. The van der Waals surface area contributed by atoms with Crippen molar-refractivity contribution in [3.8, 4) is 0 Å². The number of hydrogen-bond acceptors (Lipinski definition) is 5. The fourth-order valence-corrected chi connectivity index (χ4v) is 4.72. The summed E-state index contributed by atoms with van der Waals surface area (Å²) in [7, 11) is 0. The Morgan fingerprint density at radius 1 is 1.03 bits per heavy atom. The molecule has 7 heteroatoms. The summed E-state index contributed by atoms with van der Waals surface area (Å²) in [6, 6.07) is 11.1. The summed E-state index contributed by atoms with van der Waals surface area (Å²) in [5.41, 5.74) is 1.03. The highest BCUT2D eigenvalue weighted by atomic mass is 16.5. The number of hydrogen-bond donors (Lipinski definition) is 1. The number of nitrogens with one attached hydrogen (secondary N) is 1. The number of rotatable bonds is 7. The Balaban J connectivity index is 1.47. The van der Waals surface area contributed by atoms with E-state index in [2.05, 4.69) is 5.32 Å². The van der Waals surface area contributed by atoms with Crippen LogP contribution in [0.25, 0.3) is 11.0 Å². The summed E-state index contributed by atoms with van der Waals surface area (Å²) in [5, 5.41) is 3.76. The zero-order chi connectivity index (χ0) is 21.9. The minimum Gasteiger partial charge on any atom is -0.467 e. The van der Waals surface area contributed by atoms with E-state index in [0.717, 1.165) is 43.9 Å². The maximum absolute atomic E-state index is 13.7. The van der Waals surface area contributed by atoms with Crippen LogP contribution in [0.15, 0.2) is 51.5 Å². The first-order valence-electron chi connectivity index (χ1n) is 11.4. The van der Waals surface area contributed by atoms with Crippen LogP contribution in [-0.4, -0.2) is 36.0 Å². The van der Waals surface area contributed by atoms with E-state index in [0.29, 0.717) is 36.7 Å². The molecule has 32 heavy (non-hydrogen) atoms. The molecular formula is C25H28N2O5. The predicted molar refractivity (Wildman–Crippen MR) is 119 cm³/mol. The largest absolute Gasteiger partial charge is 0.467 e. The fourth-order valence-electron chi connectivity index (χ4n) is 4.72. The van der Waals surface area contributed by atoms with Gasteiger partial charge in [-0.1, -0.05) is 25.0 Å². The molecule has 1 aliphatic carbocycles. The molecule has 0 spiro atoms. The maximum Gasteiger partial charge on any atom is 0.292 e. The Morgan fingerprint density at radius 2 is 1.88 bits per heavy atom. The van der Waals surface area contributed by atoms with Gasteiger partial charge in [-0.05, 0) is 49.9 Å². The molecule has 3 heterocycles. The molecule has 1 atom stereocenters. The number of anilines is 1. The molecule has 1 aromatic carbocycles. The SMILES string of the molecule is O=C(Nc1c(C(=O)N(Cc2ccco2)CC2CCCO2)oc2ccccc12)C1CCCC1. The highest BCUT2D eigenvalue weighted by molar-refractivity contribution is 6.11. The van der Waals surface area contributed by atoms with Gasteiger partial charge >= 0.3 is 0 Å². The third kappa shape index (κ3) is 4.30. The third-order valence-electron chi connectivity index (χ3n) is 6.43. The minimum atomic E-state index is -0.283. The number of nitrogens with zero attached hydrogens (tertiary/aromatic N) is 1. The number of furan rings is 2. The molecule has 0 radical (unpaired) electrons. The summed E-state index contributed by atoms with van der Waals surface area (Å²) in [6.07, 6.45) is 7.37. The van der Waals surface area contributed by atoms with Crippen molar-refractivity contribution in [2.75, 3.05) is 18.5 Å². The first kappa shape index (κ1) is 20.8. The van der Waals surface area contributed by atoms with Gasteiger partial charge in [0, 0.05) is 24.5 Å². The molecule has 1 N–H and O–H groups in total. The molecule has 2 fully saturated rings.